The van der Waals surface area contributed by atoms with Gasteiger partial charge in [0.05, 0.1) is 12.1 Å². The summed E-state index contributed by atoms with van der Waals surface area (Å²) in [6, 6.07) is 10.5. The summed E-state index contributed by atoms with van der Waals surface area (Å²) in [5, 5.41) is 13.2. The van der Waals surface area contributed by atoms with Crippen molar-refractivity contribution < 1.29 is 19.2 Å². The second kappa shape index (κ2) is 6.64. The first kappa shape index (κ1) is 15.3. The zero-order valence-corrected chi connectivity index (χ0v) is 12.6. The molecule has 2 heterocycles. The number of piperidine rings is 1. The minimum absolute atomic E-state index is 0.0557. The summed E-state index contributed by atoms with van der Waals surface area (Å²) < 4.78 is 5.28. The highest BCUT2D eigenvalue weighted by Crippen LogP contribution is 2.22. The molecule has 2 aromatic rings. The van der Waals surface area contributed by atoms with E-state index < -0.39 is 12.0 Å². The van der Waals surface area contributed by atoms with Crippen molar-refractivity contribution in [1.82, 2.24) is 10.1 Å². The third kappa shape index (κ3) is 3.41. The van der Waals surface area contributed by atoms with Crippen LogP contribution in [0.25, 0.3) is 11.3 Å². The van der Waals surface area contributed by atoms with E-state index in [4.69, 9.17) is 4.52 Å². The lowest BCUT2D eigenvalue weighted by atomic mass is 10.0. The number of carbonyl (C=O) groups is 2. The summed E-state index contributed by atoms with van der Waals surface area (Å²) in [5.74, 6) is -0.560. The number of carbonyl (C=O) groups excluding carboxylic acids is 1. The molecule has 0 spiro atoms. The lowest BCUT2D eigenvalue weighted by Crippen LogP contribution is -2.48. The Labute approximate surface area is 133 Å². The average Bonchev–Trinajstić information content (AvgIpc) is 3.04. The Kier molecular flexibility index (Phi) is 4.41. The zero-order chi connectivity index (χ0) is 16.2. The quantitative estimate of drug-likeness (QED) is 0.936. The van der Waals surface area contributed by atoms with Crippen molar-refractivity contribution >= 4 is 11.9 Å². The molecule has 1 aliphatic rings. The van der Waals surface area contributed by atoms with Gasteiger partial charge in [0.1, 0.15) is 6.04 Å². The van der Waals surface area contributed by atoms with Gasteiger partial charge in [-0.25, -0.2) is 4.79 Å². The van der Waals surface area contributed by atoms with Crippen molar-refractivity contribution in [1.29, 1.82) is 0 Å². The normalized spacial score (nSPS) is 17.9. The molecule has 1 amide bonds. The first-order valence-electron chi connectivity index (χ1n) is 7.68. The van der Waals surface area contributed by atoms with E-state index in [0.717, 1.165) is 18.4 Å². The number of likely N-dealkylation sites (tertiary alicyclic amines) is 1. The number of nitrogens with zero attached hydrogens (tertiary/aromatic N) is 2. The highest BCUT2D eigenvalue weighted by molar-refractivity contribution is 5.85. The van der Waals surface area contributed by atoms with Crippen LogP contribution in [0.15, 0.2) is 40.9 Å². The molecule has 1 aromatic heterocycles. The van der Waals surface area contributed by atoms with Crippen LogP contribution in [-0.2, 0) is 16.0 Å². The third-order valence-electron chi connectivity index (χ3n) is 4.06. The number of rotatable bonds is 4. The Morgan fingerprint density at radius 1 is 1.26 bits per heavy atom. The summed E-state index contributed by atoms with van der Waals surface area (Å²) in [6.07, 6.45) is 2.24. The van der Waals surface area contributed by atoms with Gasteiger partial charge in [0.25, 0.3) is 0 Å². The van der Waals surface area contributed by atoms with Crippen LogP contribution in [0.3, 0.4) is 0 Å². The Balaban J connectivity index is 1.70. The second-order valence-corrected chi connectivity index (χ2v) is 5.66. The number of carboxylic acids is 1. The predicted octanol–water partition coefficient (Wildman–Crippen LogP) is 2.35. The standard InChI is InChI=1S/C17H18N2O4/c20-16(19-9-5-4-8-14(19)17(21)22)11-13-10-15(23-18-13)12-6-2-1-3-7-12/h1-3,6-7,10,14H,4-5,8-9,11H2,(H,21,22). The van der Waals surface area contributed by atoms with Crippen LogP contribution in [0.2, 0.25) is 0 Å². The van der Waals surface area contributed by atoms with E-state index in [1.165, 1.54) is 4.90 Å². The molecule has 1 unspecified atom stereocenters. The second-order valence-electron chi connectivity index (χ2n) is 5.66. The minimum Gasteiger partial charge on any atom is -0.480 e. The summed E-state index contributed by atoms with van der Waals surface area (Å²) in [6.45, 7) is 0.485. The number of hydrogen-bond donors (Lipinski definition) is 1. The van der Waals surface area contributed by atoms with E-state index >= 15 is 0 Å². The van der Waals surface area contributed by atoms with Crippen LogP contribution in [0.4, 0.5) is 0 Å². The molecule has 120 valence electrons. The van der Waals surface area contributed by atoms with Crippen LogP contribution in [0.5, 0.6) is 0 Å². The van der Waals surface area contributed by atoms with E-state index in [1.807, 2.05) is 30.3 Å². The SMILES string of the molecule is O=C(O)C1CCCCN1C(=O)Cc1cc(-c2ccccc2)on1. The average molecular weight is 314 g/mol. The summed E-state index contributed by atoms with van der Waals surface area (Å²) >= 11 is 0. The first-order valence-corrected chi connectivity index (χ1v) is 7.68. The number of carboxylic acid groups (broad SMARTS) is 1. The molecule has 0 bridgehead atoms. The van der Waals surface area contributed by atoms with Crippen molar-refractivity contribution in [3.05, 3.63) is 42.1 Å². The molecule has 23 heavy (non-hydrogen) atoms. The van der Waals surface area contributed by atoms with Crippen molar-refractivity contribution in [2.24, 2.45) is 0 Å². The third-order valence-corrected chi connectivity index (χ3v) is 4.06. The highest BCUT2D eigenvalue weighted by atomic mass is 16.5. The van der Waals surface area contributed by atoms with Gasteiger partial charge in [-0.15, -0.1) is 0 Å². The van der Waals surface area contributed by atoms with E-state index in [1.54, 1.807) is 6.07 Å². The largest absolute Gasteiger partial charge is 0.480 e. The topological polar surface area (TPSA) is 83.6 Å². The van der Waals surface area contributed by atoms with Gasteiger partial charge in [-0.05, 0) is 19.3 Å². The van der Waals surface area contributed by atoms with Gasteiger partial charge < -0.3 is 14.5 Å². The van der Waals surface area contributed by atoms with Gasteiger partial charge in [-0.2, -0.15) is 0 Å². The van der Waals surface area contributed by atoms with Gasteiger partial charge in [0.15, 0.2) is 5.76 Å². The summed E-state index contributed by atoms with van der Waals surface area (Å²) in [4.78, 5) is 25.1. The number of aromatic nitrogens is 1. The van der Waals surface area contributed by atoms with Crippen molar-refractivity contribution in [2.45, 2.75) is 31.7 Å². The highest BCUT2D eigenvalue weighted by Gasteiger charge is 2.32. The van der Waals surface area contributed by atoms with Crippen LogP contribution in [-0.4, -0.2) is 39.6 Å². The molecule has 0 aliphatic carbocycles. The summed E-state index contributed by atoms with van der Waals surface area (Å²) in [7, 11) is 0. The van der Waals surface area contributed by atoms with Crippen molar-refractivity contribution in [3.8, 4) is 11.3 Å². The van der Waals surface area contributed by atoms with Gasteiger partial charge in [-0.3, -0.25) is 4.79 Å². The molecule has 0 radical (unpaired) electrons. The van der Waals surface area contributed by atoms with Crippen LogP contribution < -0.4 is 0 Å². The molecule has 1 fully saturated rings. The molecule has 1 aromatic carbocycles. The van der Waals surface area contributed by atoms with Gasteiger partial charge in [0, 0.05) is 18.2 Å². The fourth-order valence-electron chi connectivity index (χ4n) is 2.88. The molecule has 1 saturated heterocycles. The fraction of sp³-hybridized carbons (Fsp3) is 0.353. The Bertz CT molecular complexity index is 696. The Hall–Kier alpha value is -2.63. The lowest BCUT2D eigenvalue weighted by Gasteiger charge is -2.32. The van der Waals surface area contributed by atoms with Gasteiger partial charge in [-0.1, -0.05) is 35.5 Å². The fourth-order valence-corrected chi connectivity index (χ4v) is 2.88. The van der Waals surface area contributed by atoms with E-state index in [0.29, 0.717) is 24.4 Å². The van der Waals surface area contributed by atoms with Crippen LogP contribution in [0.1, 0.15) is 25.0 Å². The van der Waals surface area contributed by atoms with E-state index in [-0.39, 0.29) is 12.3 Å². The molecule has 1 aliphatic heterocycles. The van der Waals surface area contributed by atoms with E-state index in [9.17, 15) is 14.7 Å². The molecular weight excluding hydrogens is 296 g/mol. The number of hydrogen-bond acceptors (Lipinski definition) is 4. The molecule has 3 rings (SSSR count). The number of benzene rings is 1. The number of amides is 1. The zero-order valence-electron chi connectivity index (χ0n) is 12.6. The van der Waals surface area contributed by atoms with Crippen molar-refractivity contribution in [3.63, 3.8) is 0 Å². The lowest BCUT2D eigenvalue weighted by molar-refractivity contribution is -0.151. The Morgan fingerprint density at radius 2 is 2.04 bits per heavy atom. The maximum absolute atomic E-state index is 12.4. The smallest absolute Gasteiger partial charge is 0.326 e. The maximum Gasteiger partial charge on any atom is 0.326 e. The van der Waals surface area contributed by atoms with Crippen LogP contribution >= 0.6 is 0 Å². The molecule has 0 saturated carbocycles. The predicted molar refractivity (Wildman–Crippen MR) is 82.6 cm³/mol. The molecule has 1 N–H and O–H groups in total. The molecule has 1 atom stereocenters. The van der Waals surface area contributed by atoms with Crippen LogP contribution in [0, 0.1) is 0 Å². The van der Waals surface area contributed by atoms with Gasteiger partial charge >= 0.3 is 5.97 Å². The first-order chi connectivity index (χ1) is 11.1. The Morgan fingerprint density at radius 3 is 2.78 bits per heavy atom. The molecular formula is C17H18N2O4. The maximum atomic E-state index is 12.4. The summed E-state index contributed by atoms with van der Waals surface area (Å²) in [5.41, 5.74) is 1.41. The molecule has 6 heteroatoms. The minimum atomic E-state index is -0.942. The van der Waals surface area contributed by atoms with Gasteiger partial charge in [0.2, 0.25) is 5.91 Å². The monoisotopic (exact) mass is 314 g/mol. The van der Waals surface area contributed by atoms with E-state index in [2.05, 4.69) is 5.16 Å². The van der Waals surface area contributed by atoms with Crippen molar-refractivity contribution in [2.75, 3.05) is 6.54 Å². The molecule has 6 nitrogen and oxygen atoms in total. The number of aliphatic carboxylic acids is 1.